The SMILES string of the molecule is Cc1c(C)c(C)c(S(=O)(=O)N2CCN(C(=O)C3(C#N)CCCC3)CC2)c(C)c1C. The number of carbonyl (C=O) groups is 1. The van der Waals surface area contributed by atoms with Crippen molar-refractivity contribution in [2.75, 3.05) is 26.2 Å². The average Bonchev–Trinajstić information content (AvgIpc) is 3.20. The first kappa shape index (κ1) is 21.8. The first-order valence-corrected chi connectivity index (χ1v) is 11.8. The molecule has 0 aromatic heterocycles. The van der Waals surface area contributed by atoms with Crippen LogP contribution in [0.2, 0.25) is 0 Å². The van der Waals surface area contributed by atoms with Gasteiger partial charge in [-0.15, -0.1) is 0 Å². The smallest absolute Gasteiger partial charge is 0.243 e. The lowest BCUT2D eigenvalue weighted by atomic mass is 9.86. The number of sulfonamides is 1. The molecule has 7 heteroatoms. The van der Waals surface area contributed by atoms with Gasteiger partial charge in [0, 0.05) is 26.2 Å². The van der Waals surface area contributed by atoms with Crippen LogP contribution in [0, 0.1) is 51.4 Å². The van der Waals surface area contributed by atoms with Crippen molar-refractivity contribution in [1.82, 2.24) is 9.21 Å². The van der Waals surface area contributed by atoms with Gasteiger partial charge in [0.05, 0.1) is 11.0 Å². The van der Waals surface area contributed by atoms with E-state index in [1.54, 1.807) is 4.90 Å². The minimum Gasteiger partial charge on any atom is -0.339 e. The molecule has 0 unspecified atom stereocenters. The lowest BCUT2D eigenvalue weighted by molar-refractivity contribution is -0.140. The lowest BCUT2D eigenvalue weighted by Gasteiger charge is -2.37. The predicted molar refractivity (Wildman–Crippen MR) is 112 cm³/mol. The molecule has 0 radical (unpaired) electrons. The molecular weight excluding hydrogens is 386 g/mol. The summed E-state index contributed by atoms with van der Waals surface area (Å²) in [5, 5.41) is 9.58. The van der Waals surface area contributed by atoms with Gasteiger partial charge >= 0.3 is 0 Å². The van der Waals surface area contributed by atoms with Crippen LogP contribution in [0.25, 0.3) is 0 Å². The fourth-order valence-corrected chi connectivity index (χ4v) is 6.75. The van der Waals surface area contributed by atoms with Gasteiger partial charge in [-0.05, 0) is 75.3 Å². The molecule has 6 nitrogen and oxygen atoms in total. The van der Waals surface area contributed by atoms with Gasteiger partial charge in [-0.2, -0.15) is 9.57 Å². The third kappa shape index (κ3) is 3.47. The second kappa shape index (κ2) is 7.73. The molecule has 0 spiro atoms. The van der Waals surface area contributed by atoms with E-state index in [-0.39, 0.29) is 19.0 Å². The van der Waals surface area contributed by atoms with E-state index in [0.717, 1.165) is 40.7 Å². The van der Waals surface area contributed by atoms with Crippen molar-refractivity contribution in [2.24, 2.45) is 5.41 Å². The summed E-state index contributed by atoms with van der Waals surface area (Å²) < 4.78 is 28.4. The van der Waals surface area contributed by atoms with Gasteiger partial charge in [0.25, 0.3) is 0 Å². The maximum Gasteiger partial charge on any atom is 0.243 e. The highest BCUT2D eigenvalue weighted by molar-refractivity contribution is 7.89. The second-order valence-corrected chi connectivity index (χ2v) is 10.4. The summed E-state index contributed by atoms with van der Waals surface area (Å²) in [5.74, 6) is -0.121. The molecule has 1 aliphatic carbocycles. The molecule has 2 fully saturated rings. The van der Waals surface area contributed by atoms with E-state index < -0.39 is 15.4 Å². The largest absolute Gasteiger partial charge is 0.339 e. The molecule has 0 bridgehead atoms. The summed E-state index contributed by atoms with van der Waals surface area (Å²) in [6, 6.07) is 2.25. The zero-order valence-electron chi connectivity index (χ0n) is 18.1. The summed E-state index contributed by atoms with van der Waals surface area (Å²) >= 11 is 0. The fraction of sp³-hybridized carbons (Fsp3) is 0.636. The molecule has 1 amide bonds. The monoisotopic (exact) mass is 417 g/mol. The number of piperazine rings is 1. The van der Waals surface area contributed by atoms with Crippen LogP contribution in [0.4, 0.5) is 0 Å². The molecule has 1 aliphatic heterocycles. The van der Waals surface area contributed by atoms with Crippen LogP contribution in [0.5, 0.6) is 0 Å². The molecule has 0 atom stereocenters. The van der Waals surface area contributed by atoms with Gasteiger partial charge < -0.3 is 4.90 Å². The molecule has 0 N–H and O–H groups in total. The fourth-order valence-electron chi connectivity index (χ4n) is 4.77. The van der Waals surface area contributed by atoms with E-state index in [2.05, 4.69) is 6.07 Å². The van der Waals surface area contributed by atoms with Crippen LogP contribution < -0.4 is 0 Å². The van der Waals surface area contributed by atoms with E-state index >= 15 is 0 Å². The minimum absolute atomic E-state index is 0.121. The first-order valence-electron chi connectivity index (χ1n) is 10.3. The van der Waals surface area contributed by atoms with Crippen LogP contribution >= 0.6 is 0 Å². The third-order valence-corrected chi connectivity index (χ3v) is 9.31. The van der Waals surface area contributed by atoms with Crippen molar-refractivity contribution >= 4 is 15.9 Å². The van der Waals surface area contributed by atoms with Gasteiger partial charge in [-0.3, -0.25) is 4.79 Å². The zero-order chi connectivity index (χ0) is 21.6. The summed E-state index contributed by atoms with van der Waals surface area (Å²) in [4.78, 5) is 15.0. The number of rotatable bonds is 3. The Bertz CT molecular complexity index is 949. The van der Waals surface area contributed by atoms with Crippen LogP contribution in [-0.4, -0.2) is 49.7 Å². The summed E-state index contributed by atoms with van der Waals surface area (Å²) in [6.45, 7) is 10.9. The van der Waals surface area contributed by atoms with Gasteiger partial charge in [0.15, 0.2) is 0 Å². The number of nitrogens with zero attached hydrogens (tertiary/aromatic N) is 3. The van der Waals surface area contributed by atoms with Crippen LogP contribution in [0.15, 0.2) is 4.90 Å². The maximum absolute atomic E-state index is 13.5. The Hall–Kier alpha value is -1.91. The van der Waals surface area contributed by atoms with Crippen molar-refractivity contribution in [2.45, 2.75) is 65.2 Å². The highest BCUT2D eigenvalue weighted by atomic mass is 32.2. The number of carbonyl (C=O) groups excluding carboxylic acids is 1. The normalized spacial score (nSPS) is 19.9. The van der Waals surface area contributed by atoms with Crippen molar-refractivity contribution in [1.29, 1.82) is 5.26 Å². The predicted octanol–water partition coefficient (Wildman–Crippen LogP) is 3.15. The summed E-state index contributed by atoms with van der Waals surface area (Å²) in [6.07, 6.45) is 3.03. The quantitative estimate of drug-likeness (QED) is 0.756. The standard InChI is InChI=1S/C22H31N3O3S/c1-15-16(2)18(4)20(19(5)17(15)3)29(27,28)25-12-10-24(11-13-25)21(26)22(14-23)8-6-7-9-22/h6-13H2,1-5H3. The Balaban J connectivity index is 1.83. The zero-order valence-corrected chi connectivity index (χ0v) is 18.9. The van der Waals surface area contributed by atoms with Gasteiger partial charge in [-0.25, -0.2) is 8.42 Å². The van der Waals surface area contributed by atoms with Gasteiger partial charge in [0.2, 0.25) is 15.9 Å². The van der Waals surface area contributed by atoms with E-state index in [1.165, 1.54) is 4.31 Å². The van der Waals surface area contributed by atoms with Crippen molar-refractivity contribution in [3.63, 3.8) is 0 Å². The Morgan fingerprint density at radius 1 is 0.862 bits per heavy atom. The van der Waals surface area contributed by atoms with Crippen molar-refractivity contribution < 1.29 is 13.2 Å². The number of hydrogen-bond acceptors (Lipinski definition) is 4. The Morgan fingerprint density at radius 2 is 1.31 bits per heavy atom. The third-order valence-electron chi connectivity index (χ3n) is 7.14. The first-order chi connectivity index (χ1) is 13.6. The summed E-state index contributed by atoms with van der Waals surface area (Å²) in [7, 11) is -3.64. The number of benzene rings is 1. The van der Waals surface area contributed by atoms with Crippen LogP contribution in [-0.2, 0) is 14.8 Å². The molecule has 29 heavy (non-hydrogen) atoms. The molecule has 1 aromatic carbocycles. The highest BCUT2D eigenvalue weighted by Gasteiger charge is 2.45. The Kier molecular flexibility index (Phi) is 5.81. The van der Waals surface area contributed by atoms with E-state index in [1.807, 2.05) is 34.6 Å². The molecule has 1 aromatic rings. The van der Waals surface area contributed by atoms with Crippen LogP contribution in [0.1, 0.15) is 53.5 Å². The van der Waals surface area contributed by atoms with Crippen LogP contribution in [0.3, 0.4) is 0 Å². The van der Waals surface area contributed by atoms with Gasteiger partial charge in [-0.1, -0.05) is 12.8 Å². The summed E-state index contributed by atoms with van der Waals surface area (Å²) in [5.41, 5.74) is 3.86. The molecule has 1 saturated carbocycles. The van der Waals surface area contributed by atoms with E-state index in [4.69, 9.17) is 0 Å². The number of nitriles is 1. The van der Waals surface area contributed by atoms with Crippen molar-refractivity contribution in [3.05, 3.63) is 27.8 Å². The molecule has 1 heterocycles. The Morgan fingerprint density at radius 3 is 1.76 bits per heavy atom. The molecule has 3 rings (SSSR count). The minimum atomic E-state index is -3.64. The lowest BCUT2D eigenvalue weighted by Crippen LogP contribution is -2.53. The molecule has 158 valence electrons. The van der Waals surface area contributed by atoms with E-state index in [9.17, 15) is 18.5 Å². The topological polar surface area (TPSA) is 81.5 Å². The maximum atomic E-state index is 13.5. The highest BCUT2D eigenvalue weighted by Crippen LogP contribution is 2.39. The second-order valence-electron chi connectivity index (χ2n) is 8.55. The number of hydrogen-bond donors (Lipinski definition) is 0. The van der Waals surface area contributed by atoms with Gasteiger partial charge in [0.1, 0.15) is 5.41 Å². The molecule has 2 aliphatic rings. The van der Waals surface area contributed by atoms with Crippen molar-refractivity contribution in [3.8, 4) is 6.07 Å². The molecule has 1 saturated heterocycles. The Labute approximate surface area is 174 Å². The van der Waals surface area contributed by atoms with E-state index in [0.29, 0.717) is 30.8 Å². The molecular formula is C22H31N3O3S. The number of amides is 1. The average molecular weight is 418 g/mol.